The molecule has 2 rings (SSSR count). The minimum Gasteiger partial charge on any atom is -0.427 e. The largest absolute Gasteiger partial charge is 0.427 e. The van der Waals surface area contributed by atoms with Gasteiger partial charge < -0.3 is 14.2 Å². The molecule has 0 amide bonds. The monoisotopic (exact) mass is 386 g/mol. The second-order valence-electron chi connectivity index (χ2n) is 6.48. The van der Waals surface area contributed by atoms with Gasteiger partial charge >= 0.3 is 5.97 Å². The summed E-state index contributed by atoms with van der Waals surface area (Å²) >= 11 is 0. The molecule has 1 heterocycles. The lowest BCUT2D eigenvalue weighted by atomic mass is 10.1. The number of benzene rings is 1. The Labute approximate surface area is 167 Å². The molecule has 0 fully saturated rings. The Morgan fingerprint density at radius 2 is 1.54 bits per heavy atom. The van der Waals surface area contributed by atoms with Crippen LogP contribution in [0.15, 0.2) is 36.7 Å². The zero-order valence-electron chi connectivity index (χ0n) is 16.9. The first-order valence-corrected chi connectivity index (χ1v) is 9.94. The Kier molecular flexibility index (Phi) is 10.2. The van der Waals surface area contributed by atoms with Crippen molar-refractivity contribution in [3.8, 4) is 16.9 Å². The van der Waals surface area contributed by atoms with Gasteiger partial charge in [0.05, 0.1) is 13.2 Å². The van der Waals surface area contributed by atoms with E-state index in [0.29, 0.717) is 19.0 Å². The van der Waals surface area contributed by atoms with Gasteiger partial charge in [0.1, 0.15) is 11.6 Å². The van der Waals surface area contributed by atoms with Gasteiger partial charge in [-0.05, 0) is 37.5 Å². The molecule has 28 heavy (non-hydrogen) atoms. The van der Waals surface area contributed by atoms with Crippen LogP contribution in [0.4, 0.5) is 0 Å². The minimum absolute atomic E-state index is 0.325. The molecule has 6 heteroatoms. The molecular weight excluding hydrogens is 356 g/mol. The molecule has 0 unspecified atom stereocenters. The van der Waals surface area contributed by atoms with Gasteiger partial charge in [-0.1, -0.05) is 25.0 Å². The molecule has 0 bridgehead atoms. The average Bonchev–Trinajstić information content (AvgIpc) is 2.70. The maximum Gasteiger partial charge on any atom is 0.308 e. The fraction of sp³-hybridized carbons (Fsp3) is 0.500. The zero-order valence-corrected chi connectivity index (χ0v) is 16.9. The highest BCUT2D eigenvalue weighted by Gasteiger charge is 2.03. The molecule has 1 aromatic carbocycles. The van der Waals surface area contributed by atoms with Crippen LogP contribution >= 0.6 is 0 Å². The normalized spacial score (nSPS) is 10.8. The summed E-state index contributed by atoms with van der Waals surface area (Å²) in [5.41, 5.74) is 1.94. The fourth-order valence-electron chi connectivity index (χ4n) is 2.72. The highest BCUT2D eigenvalue weighted by molar-refractivity contribution is 5.70. The summed E-state index contributed by atoms with van der Waals surface area (Å²) in [5, 5.41) is 0. The topological polar surface area (TPSA) is 70.5 Å². The molecule has 152 valence electrons. The van der Waals surface area contributed by atoms with Crippen molar-refractivity contribution in [2.45, 2.75) is 46.0 Å². The van der Waals surface area contributed by atoms with E-state index in [1.807, 2.05) is 31.5 Å². The highest BCUT2D eigenvalue weighted by atomic mass is 16.5. The second kappa shape index (κ2) is 13.0. The average molecular weight is 386 g/mol. The number of unbranched alkanes of at least 4 members (excludes halogenated alkanes) is 3. The lowest BCUT2D eigenvalue weighted by molar-refractivity contribution is -0.131. The van der Waals surface area contributed by atoms with Gasteiger partial charge in [-0.3, -0.25) is 4.79 Å². The van der Waals surface area contributed by atoms with E-state index in [4.69, 9.17) is 14.2 Å². The molecule has 6 nitrogen and oxygen atoms in total. The first-order chi connectivity index (χ1) is 13.7. The van der Waals surface area contributed by atoms with Gasteiger partial charge in [0, 0.05) is 44.5 Å². The molecule has 2 aromatic rings. The first-order valence-electron chi connectivity index (χ1n) is 9.94. The number of rotatable bonds is 13. The smallest absolute Gasteiger partial charge is 0.308 e. The van der Waals surface area contributed by atoms with Gasteiger partial charge in [0.25, 0.3) is 0 Å². The number of aromatic nitrogens is 2. The molecule has 0 aliphatic rings. The third-order valence-electron chi connectivity index (χ3n) is 4.17. The van der Waals surface area contributed by atoms with E-state index < -0.39 is 0 Å². The molecule has 0 aliphatic carbocycles. The van der Waals surface area contributed by atoms with Crippen LogP contribution in [-0.2, 0) is 20.7 Å². The van der Waals surface area contributed by atoms with E-state index in [0.717, 1.165) is 62.3 Å². The third kappa shape index (κ3) is 8.59. The highest BCUT2D eigenvalue weighted by Crippen LogP contribution is 2.21. The van der Waals surface area contributed by atoms with Crippen molar-refractivity contribution in [3.05, 3.63) is 42.5 Å². The number of nitrogens with zero attached hydrogens (tertiary/aromatic N) is 2. The van der Waals surface area contributed by atoms with Crippen molar-refractivity contribution in [2.75, 3.05) is 26.4 Å². The molecule has 1 aromatic heterocycles. The van der Waals surface area contributed by atoms with Crippen LogP contribution in [-0.4, -0.2) is 42.4 Å². The number of esters is 1. The van der Waals surface area contributed by atoms with Crippen molar-refractivity contribution >= 4 is 5.97 Å². The van der Waals surface area contributed by atoms with Crippen LogP contribution in [0, 0.1) is 0 Å². The predicted molar refractivity (Wildman–Crippen MR) is 108 cm³/mol. The fourth-order valence-corrected chi connectivity index (χ4v) is 2.72. The van der Waals surface area contributed by atoms with Crippen molar-refractivity contribution in [2.24, 2.45) is 0 Å². The quantitative estimate of drug-likeness (QED) is 0.292. The Bertz CT molecular complexity index is 687. The van der Waals surface area contributed by atoms with Crippen LogP contribution in [0.2, 0.25) is 0 Å². The lowest BCUT2D eigenvalue weighted by Gasteiger charge is -2.06. The first kappa shape index (κ1) is 22.0. The summed E-state index contributed by atoms with van der Waals surface area (Å²) in [6.45, 7) is 6.28. The number of carbonyl (C=O) groups excluding carboxylic acids is 1. The maximum atomic E-state index is 11.0. The van der Waals surface area contributed by atoms with Gasteiger partial charge in [0.15, 0.2) is 0 Å². The summed E-state index contributed by atoms with van der Waals surface area (Å²) in [6, 6.07) is 7.33. The summed E-state index contributed by atoms with van der Waals surface area (Å²) in [7, 11) is 0. The van der Waals surface area contributed by atoms with E-state index in [2.05, 4.69) is 9.97 Å². The number of carbonyl (C=O) groups is 1. The molecule has 0 N–H and O–H groups in total. The van der Waals surface area contributed by atoms with E-state index in [1.165, 1.54) is 6.92 Å². The van der Waals surface area contributed by atoms with E-state index in [9.17, 15) is 4.79 Å². The Hall–Kier alpha value is -2.31. The van der Waals surface area contributed by atoms with Gasteiger partial charge in [-0.25, -0.2) is 9.97 Å². The SMILES string of the molecule is CCOCCOCCCCCCc1ncc(-c2ccc(OC(C)=O)cc2)cn1. The Morgan fingerprint density at radius 3 is 2.21 bits per heavy atom. The van der Waals surface area contributed by atoms with Crippen LogP contribution in [0.25, 0.3) is 11.1 Å². The summed E-state index contributed by atoms with van der Waals surface area (Å²) in [5.74, 6) is 1.08. The molecule has 0 atom stereocenters. The zero-order chi connectivity index (χ0) is 20.0. The van der Waals surface area contributed by atoms with Gasteiger partial charge in [-0.15, -0.1) is 0 Å². The molecule has 0 radical (unpaired) electrons. The van der Waals surface area contributed by atoms with Gasteiger partial charge in [0.2, 0.25) is 0 Å². The van der Waals surface area contributed by atoms with Crippen molar-refractivity contribution < 1.29 is 19.0 Å². The van der Waals surface area contributed by atoms with Crippen molar-refractivity contribution in [1.29, 1.82) is 0 Å². The summed E-state index contributed by atoms with van der Waals surface area (Å²) in [4.78, 5) is 19.9. The molecule has 0 saturated heterocycles. The second-order valence-corrected chi connectivity index (χ2v) is 6.48. The predicted octanol–water partition coefficient (Wildman–Crippen LogP) is 4.22. The number of hydrogen-bond donors (Lipinski definition) is 0. The molecule has 0 spiro atoms. The number of aryl methyl sites for hydroxylation is 1. The standard InChI is InChI=1S/C22H30N2O4/c1-3-26-14-15-27-13-7-5-4-6-8-22-23-16-20(17-24-22)19-9-11-21(12-10-19)28-18(2)25/h9-12,16-17H,3-8,13-15H2,1-2H3. The van der Waals surface area contributed by atoms with Crippen LogP contribution in [0.5, 0.6) is 5.75 Å². The van der Waals surface area contributed by atoms with Crippen LogP contribution < -0.4 is 4.74 Å². The van der Waals surface area contributed by atoms with Crippen molar-refractivity contribution in [1.82, 2.24) is 9.97 Å². The van der Waals surface area contributed by atoms with E-state index in [-0.39, 0.29) is 5.97 Å². The van der Waals surface area contributed by atoms with Crippen LogP contribution in [0.3, 0.4) is 0 Å². The van der Waals surface area contributed by atoms with E-state index >= 15 is 0 Å². The molecule has 0 saturated carbocycles. The van der Waals surface area contributed by atoms with E-state index in [1.54, 1.807) is 12.1 Å². The molecule has 0 aliphatic heterocycles. The lowest BCUT2D eigenvalue weighted by Crippen LogP contribution is -2.04. The minimum atomic E-state index is -0.325. The van der Waals surface area contributed by atoms with Crippen LogP contribution in [0.1, 0.15) is 45.4 Å². The summed E-state index contributed by atoms with van der Waals surface area (Å²) < 4.78 is 15.8. The van der Waals surface area contributed by atoms with Gasteiger partial charge in [-0.2, -0.15) is 0 Å². The molecular formula is C22H30N2O4. The third-order valence-corrected chi connectivity index (χ3v) is 4.17. The summed E-state index contributed by atoms with van der Waals surface area (Å²) in [6.07, 6.45) is 9.03. The maximum absolute atomic E-state index is 11.0. The Morgan fingerprint density at radius 1 is 0.857 bits per heavy atom. The number of hydrogen-bond acceptors (Lipinski definition) is 6. The van der Waals surface area contributed by atoms with Crippen molar-refractivity contribution in [3.63, 3.8) is 0 Å². The Balaban J connectivity index is 1.64. The number of ether oxygens (including phenoxy) is 3.